The Kier molecular flexibility index (Phi) is 19.9. The Morgan fingerprint density at radius 2 is 1.37 bits per heavy atom. The fourth-order valence-electron chi connectivity index (χ4n) is 6.71. The maximum atomic E-state index is 16.0. The molecule has 11 nitrogen and oxygen atoms in total. The summed E-state index contributed by atoms with van der Waals surface area (Å²) in [7, 11) is 2.84. The second-order valence-electron chi connectivity index (χ2n) is 14.8. The predicted molar refractivity (Wildman–Crippen MR) is 214 cm³/mol. The van der Waals surface area contributed by atoms with Crippen LogP contribution in [-0.2, 0) is 54.0 Å². The molecule has 1 fully saturated rings. The standard InChI is InChI=1S/C45H61FO11/c1-8-9-10-12-33-14-16-34(17-15-33)35-18-20-38(39(46)28-35)36-19-21-40(37(27-36)13-11-22-53-41(47)31(2)3)56-29-45(30-57-42(48)32(4)5,43(49)54-25-23-51-6)44(50)55-26-24-52-7/h18-21,27-28,33-34H,2,4,8-17,22-26,29-30H2,1,3,5-7H3. The third kappa shape index (κ3) is 14.4. The van der Waals surface area contributed by atoms with Crippen LogP contribution in [0.3, 0.4) is 0 Å². The van der Waals surface area contributed by atoms with E-state index in [1.807, 2.05) is 6.07 Å². The number of carbonyl (C=O) groups is 4. The first-order valence-corrected chi connectivity index (χ1v) is 19.9. The molecule has 3 rings (SSSR count). The van der Waals surface area contributed by atoms with Gasteiger partial charge in [-0.1, -0.05) is 64.0 Å². The SMILES string of the molecule is C=C(C)C(=O)OCCCc1cc(-c2ccc(C3CCC(CCCCC)CC3)cc2F)ccc1OCC(COC(=O)C(=C)C)(C(=O)OCCOC)C(=O)OCCOC. The van der Waals surface area contributed by atoms with Gasteiger partial charge in [0.25, 0.3) is 0 Å². The number of aryl methyl sites for hydroxylation is 1. The van der Waals surface area contributed by atoms with Crippen LogP contribution in [0.1, 0.15) is 95.6 Å². The molecule has 1 aliphatic rings. The zero-order valence-electron chi connectivity index (χ0n) is 34.4. The first-order chi connectivity index (χ1) is 27.4. The molecule has 0 heterocycles. The number of carbonyl (C=O) groups excluding carboxylic acids is 4. The lowest BCUT2D eigenvalue weighted by Gasteiger charge is -2.29. The van der Waals surface area contributed by atoms with Gasteiger partial charge in [-0.15, -0.1) is 0 Å². The molecule has 0 unspecified atom stereocenters. The molecule has 0 bridgehead atoms. The van der Waals surface area contributed by atoms with Gasteiger partial charge in [0.05, 0.1) is 19.8 Å². The minimum Gasteiger partial charge on any atom is -0.491 e. The molecule has 12 heteroatoms. The van der Waals surface area contributed by atoms with E-state index >= 15 is 4.39 Å². The van der Waals surface area contributed by atoms with Crippen molar-refractivity contribution in [3.05, 3.63) is 77.6 Å². The van der Waals surface area contributed by atoms with Crippen molar-refractivity contribution in [3.63, 3.8) is 0 Å². The van der Waals surface area contributed by atoms with Crippen LogP contribution < -0.4 is 4.74 Å². The first-order valence-electron chi connectivity index (χ1n) is 19.9. The number of ether oxygens (including phenoxy) is 7. The van der Waals surface area contributed by atoms with Crippen LogP contribution in [0, 0.1) is 17.2 Å². The third-order valence-corrected chi connectivity index (χ3v) is 10.2. The summed E-state index contributed by atoms with van der Waals surface area (Å²) in [4.78, 5) is 52.0. The molecule has 0 spiro atoms. The zero-order valence-corrected chi connectivity index (χ0v) is 34.4. The van der Waals surface area contributed by atoms with Crippen molar-refractivity contribution in [3.8, 4) is 16.9 Å². The zero-order chi connectivity index (χ0) is 41.8. The Bertz CT molecular complexity index is 1640. The Morgan fingerprint density at radius 1 is 0.737 bits per heavy atom. The van der Waals surface area contributed by atoms with E-state index < -0.39 is 42.5 Å². The summed E-state index contributed by atoms with van der Waals surface area (Å²) in [6.45, 7) is 10.7. The topological polar surface area (TPSA) is 133 Å². The molecular weight excluding hydrogens is 735 g/mol. The molecule has 0 N–H and O–H groups in total. The van der Waals surface area contributed by atoms with Crippen molar-refractivity contribution in [2.24, 2.45) is 11.3 Å². The van der Waals surface area contributed by atoms with Gasteiger partial charge in [0.2, 0.25) is 5.41 Å². The van der Waals surface area contributed by atoms with Crippen molar-refractivity contribution in [1.82, 2.24) is 0 Å². The normalized spacial score (nSPS) is 15.3. The minimum atomic E-state index is -2.27. The number of esters is 4. The Hall–Kier alpha value is -4.55. The summed E-state index contributed by atoms with van der Waals surface area (Å²) >= 11 is 0. The van der Waals surface area contributed by atoms with Gasteiger partial charge in [0.15, 0.2) is 0 Å². The predicted octanol–water partition coefficient (Wildman–Crippen LogP) is 8.26. The fourth-order valence-corrected chi connectivity index (χ4v) is 6.71. The highest BCUT2D eigenvalue weighted by atomic mass is 19.1. The fraction of sp³-hybridized carbons (Fsp3) is 0.556. The molecular formula is C45H61FO11. The van der Waals surface area contributed by atoms with E-state index in [1.54, 1.807) is 37.3 Å². The van der Waals surface area contributed by atoms with Gasteiger partial charge in [-0.2, -0.15) is 0 Å². The van der Waals surface area contributed by atoms with Crippen LogP contribution in [-0.4, -0.2) is 84.3 Å². The molecule has 2 aromatic rings. The molecule has 2 aromatic carbocycles. The first kappa shape index (κ1) is 46.8. The smallest absolute Gasteiger partial charge is 0.333 e. The summed E-state index contributed by atoms with van der Waals surface area (Å²) in [6, 6.07) is 10.5. The number of halogens is 1. The molecule has 0 atom stereocenters. The molecule has 0 aliphatic heterocycles. The number of benzene rings is 2. The number of methoxy groups -OCH3 is 2. The lowest BCUT2D eigenvalue weighted by molar-refractivity contribution is -0.182. The van der Waals surface area contributed by atoms with Gasteiger partial charge < -0.3 is 33.2 Å². The van der Waals surface area contributed by atoms with Crippen molar-refractivity contribution < 1.29 is 56.7 Å². The van der Waals surface area contributed by atoms with Crippen LogP contribution in [0.15, 0.2) is 60.7 Å². The van der Waals surface area contributed by atoms with E-state index in [2.05, 4.69) is 20.1 Å². The van der Waals surface area contributed by atoms with Gasteiger partial charge in [0, 0.05) is 30.9 Å². The van der Waals surface area contributed by atoms with Crippen molar-refractivity contribution in [2.45, 2.75) is 90.9 Å². The molecule has 57 heavy (non-hydrogen) atoms. The number of unbranched alkanes of at least 4 members (excludes halogenated alkanes) is 2. The highest BCUT2D eigenvalue weighted by molar-refractivity contribution is 6.01. The van der Waals surface area contributed by atoms with Crippen molar-refractivity contribution in [2.75, 3.05) is 60.5 Å². The van der Waals surface area contributed by atoms with E-state index in [0.717, 1.165) is 37.2 Å². The number of hydrogen-bond donors (Lipinski definition) is 0. The number of hydrogen-bond acceptors (Lipinski definition) is 11. The van der Waals surface area contributed by atoms with Gasteiger partial charge >= 0.3 is 23.9 Å². The summed E-state index contributed by atoms with van der Waals surface area (Å²) in [5, 5.41) is 0. The highest BCUT2D eigenvalue weighted by Crippen LogP contribution is 2.39. The highest BCUT2D eigenvalue weighted by Gasteiger charge is 2.52. The van der Waals surface area contributed by atoms with Crippen LogP contribution in [0.25, 0.3) is 11.1 Å². The quantitative estimate of drug-likeness (QED) is 0.0316. The maximum absolute atomic E-state index is 16.0. The number of rotatable bonds is 25. The van der Waals surface area contributed by atoms with Gasteiger partial charge in [-0.05, 0) is 99.1 Å². The van der Waals surface area contributed by atoms with Gasteiger partial charge in [-0.25, -0.2) is 14.0 Å². The molecule has 0 aromatic heterocycles. The van der Waals surface area contributed by atoms with E-state index in [1.165, 1.54) is 46.8 Å². The molecule has 1 aliphatic carbocycles. The Morgan fingerprint density at radius 3 is 1.95 bits per heavy atom. The largest absolute Gasteiger partial charge is 0.491 e. The van der Waals surface area contributed by atoms with Gasteiger partial charge in [0.1, 0.15) is 38.0 Å². The average Bonchev–Trinajstić information content (AvgIpc) is 3.20. The van der Waals surface area contributed by atoms with Crippen LogP contribution in [0.4, 0.5) is 4.39 Å². The van der Waals surface area contributed by atoms with E-state index in [9.17, 15) is 19.2 Å². The molecule has 0 amide bonds. The molecule has 0 saturated heterocycles. The van der Waals surface area contributed by atoms with E-state index in [4.69, 9.17) is 33.2 Å². The Labute approximate surface area is 337 Å². The lowest BCUT2D eigenvalue weighted by atomic mass is 9.77. The minimum absolute atomic E-state index is 0.0340. The van der Waals surface area contributed by atoms with Crippen molar-refractivity contribution in [1.29, 1.82) is 0 Å². The van der Waals surface area contributed by atoms with E-state index in [0.29, 0.717) is 35.4 Å². The average molecular weight is 797 g/mol. The Balaban J connectivity index is 1.95. The molecule has 0 radical (unpaired) electrons. The summed E-state index contributed by atoms with van der Waals surface area (Å²) in [6.07, 6.45) is 10.1. The third-order valence-electron chi connectivity index (χ3n) is 10.2. The summed E-state index contributed by atoms with van der Waals surface area (Å²) in [5.74, 6) is -2.51. The van der Waals surface area contributed by atoms with Crippen LogP contribution in [0.5, 0.6) is 5.75 Å². The second kappa shape index (κ2) is 24.3. The monoisotopic (exact) mass is 796 g/mol. The molecule has 314 valence electrons. The van der Waals surface area contributed by atoms with Crippen molar-refractivity contribution >= 4 is 23.9 Å². The van der Waals surface area contributed by atoms with Crippen LogP contribution in [0.2, 0.25) is 0 Å². The summed E-state index contributed by atoms with van der Waals surface area (Å²) < 4.78 is 53.6. The van der Waals surface area contributed by atoms with Crippen LogP contribution >= 0.6 is 0 Å². The second-order valence-corrected chi connectivity index (χ2v) is 14.8. The van der Waals surface area contributed by atoms with E-state index in [-0.39, 0.29) is 55.7 Å². The summed E-state index contributed by atoms with van der Waals surface area (Å²) in [5.41, 5.74) is 0.603. The maximum Gasteiger partial charge on any atom is 0.333 e. The van der Waals surface area contributed by atoms with Gasteiger partial charge in [-0.3, -0.25) is 9.59 Å². The molecule has 1 saturated carbocycles. The lowest BCUT2D eigenvalue weighted by Crippen LogP contribution is -2.51.